The van der Waals surface area contributed by atoms with Gasteiger partial charge in [-0.05, 0) is 52.9 Å². The van der Waals surface area contributed by atoms with Crippen molar-refractivity contribution in [3.63, 3.8) is 0 Å². The van der Waals surface area contributed by atoms with Gasteiger partial charge in [0.1, 0.15) is 0 Å². The minimum atomic E-state index is -0.514. The lowest BCUT2D eigenvalue weighted by molar-refractivity contribution is 0.0992. The zero-order chi connectivity index (χ0) is 12.4. The van der Waals surface area contributed by atoms with E-state index in [1.807, 2.05) is 22.6 Å². The summed E-state index contributed by atoms with van der Waals surface area (Å²) in [6.07, 6.45) is 1.44. The topological polar surface area (TPSA) is 73.3 Å². The molecule has 0 spiro atoms. The molecule has 86 valence electrons. The van der Waals surface area contributed by atoms with Crippen LogP contribution in [-0.2, 0) is 0 Å². The molecule has 0 saturated heterocycles. The summed E-state index contributed by atoms with van der Waals surface area (Å²) in [5, 5.41) is 0. The molecular weight excluding hydrogens is 333 g/mol. The maximum atomic E-state index is 12.0. The van der Waals surface area contributed by atoms with E-state index in [-0.39, 0.29) is 11.5 Å². The molecule has 2 aromatic rings. The molecule has 2 N–H and O–H groups in total. The summed E-state index contributed by atoms with van der Waals surface area (Å²) in [5.74, 6) is -0.454. The molecule has 0 aliphatic heterocycles. The number of hydrogen-bond donors (Lipinski definition) is 1. The third-order valence-corrected chi connectivity index (χ3v) is 3.14. The van der Waals surface area contributed by atoms with Crippen LogP contribution < -0.4 is 5.73 Å². The molecule has 0 fully saturated rings. The van der Waals surface area contributed by atoms with Gasteiger partial charge in [0.2, 0.25) is 11.7 Å². The Morgan fingerprint density at radius 2 is 2.00 bits per heavy atom. The molecular formula is C12H8INO3. The zero-order valence-electron chi connectivity index (χ0n) is 8.64. The number of halogens is 1. The van der Waals surface area contributed by atoms with Gasteiger partial charge < -0.3 is 10.2 Å². The van der Waals surface area contributed by atoms with Crippen LogP contribution in [0.5, 0.6) is 0 Å². The smallest absolute Gasteiger partial charge is 0.248 e. The zero-order valence-corrected chi connectivity index (χ0v) is 10.8. The van der Waals surface area contributed by atoms with Crippen LogP contribution >= 0.6 is 22.6 Å². The summed E-state index contributed by atoms with van der Waals surface area (Å²) in [5.41, 5.74) is 6.03. The van der Waals surface area contributed by atoms with Crippen molar-refractivity contribution < 1.29 is 14.0 Å². The number of benzene rings is 1. The minimum Gasteiger partial charge on any atom is -0.461 e. The summed E-state index contributed by atoms with van der Waals surface area (Å²) < 4.78 is 5.70. The maximum Gasteiger partial charge on any atom is 0.248 e. The quantitative estimate of drug-likeness (QED) is 0.687. The van der Waals surface area contributed by atoms with Gasteiger partial charge in [-0.3, -0.25) is 9.59 Å². The van der Waals surface area contributed by atoms with Gasteiger partial charge in [0.15, 0.2) is 5.76 Å². The molecule has 0 unspecified atom stereocenters. The van der Waals surface area contributed by atoms with Gasteiger partial charge >= 0.3 is 0 Å². The number of hydrogen-bond acceptors (Lipinski definition) is 3. The second-order valence-corrected chi connectivity index (χ2v) is 4.53. The van der Waals surface area contributed by atoms with Crippen LogP contribution in [0.3, 0.4) is 0 Å². The number of primary amides is 1. The lowest BCUT2D eigenvalue weighted by Gasteiger charge is -2.03. The molecule has 0 aliphatic carbocycles. The molecule has 1 aromatic carbocycles. The first-order valence-corrected chi connectivity index (χ1v) is 5.85. The fraction of sp³-hybridized carbons (Fsp3) is 0. The Hall–Kier alpha value is -1.63. The number of amides is 1. The van der Waals surface area contributed by atoms with Crippen molar-refractivity contribution >= 4 is 34.3 Å². The lowest BCUT2D eigenvalue weighted by Crippen LogP contribution is -2.12. The first-order valence-electron chi connectivity index (χ1n) is 4.77. The molecule has 0 atom stereocenters. The fourth-order valence-corrected chi connectivity index (χ4v) is 2.15. The van der Waals surface area contributed by atoms with Gasteiger partial charge in [0.25, 0.3) is 0 Å². The van der Waals surface area contributed by atoms with E-state index in [4.69, 9.17) is 10.2 Å². The number of furan rings is 1. The van der Waals surface area contributed by atoms with E-state index in [2.05, 4.69) is 0 Å². The Bertz CT molecular complexity index is 575. The predicted octanol–water partition coefficient (Wildman–Crippen LogP) is 2.21. The van der Waals surface area contributed by atoms with Crippen LogP contribution in [-0.4, -0.2) is 11.7 Å². The third-order valence-electron chi connectivity index (χ3n) is 2.24. The molecule has 17 heavy (non-hydrogen) atoms. The van der Waals surface area contributed by atoms with E-state index in [1.54, 1.807) is 24.3 Å². The maximum absolute atomic E-state index is 12.0. The first-order chi connectivity index (χ1) is 8.09. The van der Waals surface area contributed by atoms with E-state index < -0.39 is 5.91 Å². The van der Waals surface area contributed by atoms with Crippen LogP contribution in [0.25, 0.3) is 0 Å². The van der Waals surface area contributed by atoms with Crippen molar-refractivity contribution in [2.75, 3.05) is 0 Å². The van der Waals surface area contributed by atoms with Crippen molar-refractivity contribution in [2.24, 2.45) is 5.73 Å². The molecule has 4 nitrogen and oxygen atoms in total. The Morgan fingerprint density at radius 1 is 1.24 bits per heavy atom. The van der Waals surface area contributed by atoms with Gasteiger partial charge in [0.05, 0.1) is 6.26 Å². The highest BCUT2D eigenvalue weighted by Gasteiger charge is 2.16. The Balaban J connectivity index is 2.41. The lowest BCUT2D eigenvalue weighted by atomic mass is 10.1. The Kier molecular flexibility index (Phi) is 3.28. The molecule has 0 saturated carbocycles. The molecule has 2 rings (SSSR count). The second-order valence-electron chi connectivity index (χ2n) is 3.37. The van der Waals surface area contributed by atoms with Crippen molar-refractivity contribution in [1.82, 2.24) is 0 Å². The normalized spacial score (nSPS) is 10.2. The molecule has 0 bridgehead atoms. The van der Waals surface area contributed by atoms with Crippen molar-refractivity contribution in [1.29, 1.82) is 0 Å². The number of nitrogens with two attached hydrogens (primary N) is 1. The van der Waals surface area contributed by atoms with Crippen LogP contribution in [0.2, 0.25) is 0 Å². The molecule has 1 amide bonds. The molecule has 0 aliphatic rings. The van der Waals surface area contributed by atoms with E-state index in [0.29, 0.717) is 14.7 Å². The summed E-state index contributed by atoms with van der Waals surface area (Å²) >= 11 is 1.99. The van der Waals surface area contributed by atoms with Crippen LogP contribution in [0.15, 0.2) is 41.0 Å². The van der Waals surface area contributed by atoms with Gasteiger partial charge in [-0.15, -0.1) is 0 Å². The number of carbonyl (C=O) groups is 2. The monoisotopic (exact) mass is 341 g/mol. The summed E-state index contributed by atoms with van der Waals surface area (Å²) in [6, 6.07) is 7.94. The van der Waals surface area contributed by atoms with Gasteiger partial charge in [-0.25, -0.2) is 0 Å². The van der Waals surface area contributed by atoms with Crippen molar-refractivity contribution in [3.05, 3.63) is 57.1 Å². The van der Waals surface area contributed by atoms with Crippen LogP contribution in [0.1, 0.15) is 26.5 Å². The van der Waals surface area contributed by atoms with Crippen molar-refractivity contribution in [3.8, 4) is 0 Å². The van der Waals surface area contributed by atoms with Gasteiger partial charge in [-0.2, -0.15) is 0 Å². The summed E-state index contributed by atoms with van der Waals surface area (Å²) in [4.78, 5) is 23.0. The second kappa shape index (κ2) is 4.70. The first kappa shape index (κ1) is 11.8. The Morgan fingerprint density at radius 3 is 2.53 bits per heavy atom. The van der Waals surface area contributed by atoms with E-state index >= 15 is 0 Å². The highest BCUT2D eigenvalue weighted by Crippen LogP contribution is 2.18. The number of rotatable bonds is 3. The predicted molar refractivity (Wildman–Crippen MR) is 69.8 cm³/mol. The number of ketones is 1. The average Bonchev–Trinajstić information content (AvgIpc) is 2.81. The average molecular weight is 341 g/mol. The highest BCUT2D eigenvalue weighted by atomic mass is 127. The Labute approximate surface area is 111 Å². The van der Waals surface area contributed by atoms with Crippen LogP contribution in [0, 0.1) is 3.57 Å². The largest absolute Gasteiger partial charge is 0.461 e. The van der Waals surface area contributed by atoms with E-state index in [9.17, 15) is 9.59 Å². The van der Waals surface area contributed by atoms with E-state index in [0.717, 1.165) is 0 Å². The van der Waals surface area contributed by atoms with Crippen molar-refractivity contribution in [2.45, 2.75) is 0 Å². The minimum absolute atomic E-state index is 0.213. The molecule has 1 aromatic heterocycles. The van der Waals surface area contributed by atoms with Gasteiger partial charge in [-0.1, -0.05) is 0 Å². The summed E-state index contributed by atoms with van der Waals surface area (Å²) in [6.45, 7) is 0. The molecule has 0 radical (unpaired) electrons. The van der Waals surface area contributed by atoms with Crippen LogP contribution in [0.4, 0.5) is 0 Å². The standard InChI is InChI=1S/C12H8INO3/c13-9-6-7(12(14)16)3-4-8(9)11(15)10-2-1-5-17-10/h1-6H,(H2,14,16). The SMILES string of the molecule is NC(=O)c1ccc(C(=O)c2ccco2)c(I)c1. The molecule has 1 heterocycles. The fourth-order valence-electron chi connectivity index (χ4n) is 1.39. The number of carbonyl (C=O) groups excluding carboxylic acids is 2. The van der Waals surface area contributed by atoms with E-state index in [1.165, 1.54) is 12.3 Å². The van der Waals surface area contributed by atoms with Gasteiger partial charge in [0, 0.05) is 14.7 Å². The highest BCUT2D eigenvalue weighted by molar-refractivity contribution is 14.1. The third kappa shape index (κ3) is 2.38. The summed E-state index contributed by atoms with van der Waals surface area (Å²) in [7, 11) is 0. The molecule has 5 heteroatoms.